The van der Waals surface area contributed by atoms with Crippen LogP contribution in [0, 0.1) is 5.92 Å². The average molecular weight is 272 g/mol. The molecule has 1 aromatic rings. The van der Waals surface area contributed by atoms with Crippen molar-refractivity contribution in [3.05, 3.63) is 29.8 Å². The molecule has 4 rings (SSSR count). The van der Waals surface area contributed by atoms with Gasteiger partial charge >= 0.3 is 0 Å². The number of morpholine rings is 1. The van der Waals surface area contributed by atoms with E-state index in [1.807, 2.05) is 0 Å². The van der Waals surface area contributed by atoms with Gasteiger partial charge in [0.05, 0.1) is 13.2 Å². The van der Waals surface area contributed by atoms with E-state index in [1.165, 1.54) is 31.7 Å². The molecule has 0 aromatic heterocycles. The maximum absolute atomic E-state index is 5.43. The minimum Gasteiger partial charge on any atom is -0.378 e. The number of piperidine rings is 1. The zero-order valence-corrected chi connectivity index (χ0v) is 12.3. The van der Waals surface area contributed by atoms with Crippen LogP contribution in [0.2, 0.25) is 0 Å². The topological polar surface area (TPSA) is 15.7 Å². The fourth-order valence-corrected chi connectivity index (χ4v) is 4.10. The standard InChI is InChI=1S/C17H24N2O/c1-2-18-12-15-11-17(15,13-18)14-3-5-16(6-4-14)19-7-9-20-10-8-19/h3-6,15H,2,7-13H2,1H3/t15-,17+/m1/s1. The lowest BCUT2D eigenvalue weighted by Gasteiger charge is -2.29. The molecule has 2 saturated heterocycles. The number of benzene rings is 1. The van der Waals surface area contributed by atoms with Gasteiger partial charge in [0.2, 0.25) is 0 Å². The first kappa shape index (κ1) is 12.7. The lowest BCUT2D eigenvalue weighted by Crippen LogP contribution is -2.36. The Morgan fingerprint density at radius 2 is 1.95 bits per heavy atom. The molecule has 0 N–H and O–H groups in total. The summed E-state index contributed by atoms with van der Waals surface area (Å²) in [5.74, 6) is 0.914. The van der Waals surface area contributed by atoms with Crippen LogP contribution in [0.25, 0.3) is 0 Å². The molecule has 108 valence electrons. The summed E-state index contributed by atoms with van der Waals surface area (Å²) in [5.41, 5.74) is 3.42. The fraction of sp³-hybridized carbons (Fsp3) is 0.647. The third-order valence-corrected chi connectivity index (χ3v) is 5.48. The molecule has 1 aliphatic carbocycles. The van der Waals surface area contributed by atoms with E-state index >= 15 is 0 Å². The van der Waals surface area contributed by atoms with Crippen molar-refractivity contribution in [1.29, 1.82) is 0 Å². The zero-order valence-electron chi connectivity index (χ0n) is 12.3. The number of nitrogens with zero attached hydrogens (tertiary/aromatic N) is 2. The number of likely N-dealkylation sites (tertiary alicyclic amines) is 1. The van der Waals surface area contributed by atoms with Gasteiger partial charge in [-0.05, 0) is 36.6 Å². The first-order valence-electron chi connectivity index (χ1n) is 7.97. The molecule has 2 heterocycles. The van der Waals surface area contributed by atoms with E-state index in [0.717, 1.165) is 32.2 Å². The summed E-state index contributed by atoms with van der Waals surface area (Å²) in [6, 6.07) is 9.40. The second kappa shape index (κ2) is 4.74. The molecular formula is C17H24N2O. The Hall–Kier alpha value is -1.06. The van der Waals surface area contributed by atoms with Crippen LogP contribution in [0.3, 0.4) is 0 Å². The second-order valence-electron chi connectivity index (χ2n) is 6.53. The van der Waals surface area contributed by atoms with Crippen LogP contribution in [-0.2, 0) is 10.2 Å². The Morgan fingerprint density at radius 1 is 1.20 bits per heavy atom. The first-order valence-corrected chi connectivity index (χ1v) is 7.97. The summed E-state index contributed by atoms with van der Waals surface area (Å²) in [5, 5.41) is 0. The highest BCUT2D eigenvalue weighted by Crippen LogP contribution is 2.58. The third kappa shape index (κ3) is 1.95. The summed E-state index contributed by atoms with van der Waals surface area (Å²) in [4.78, 5) is 5.03. The molecule has 3 aliphatic rings. The van der Waals surface area contributed by atoms with Gasteiger partial charge in [-0.3, -0.25) is 0 Å². The minimum absolute atomic E-state index is 0.500. The Morgan fingerprint density at radius 3 is 2.60 bits per heavy atom. The van der Waals surface area contributed by atoms with Crippen molar-refractivity contribution in [2.45, 2.75) is 18.8 Å². The summed E-state index contributed by atoms with van der Waals surface area (Å²) in [7, 11) is 0. The van der Waals surface area contributed by atoms with Crippen LogP contribution >= 0.6 is 0 Å². The molecule has 0 radical (unpaired) electrons. The van der Waals surface area contributed by atoms with Gasteiger partial charge in [0.15, 0.2) is 0 Å². The van der Waals surface area contributed by atoms with Gasteiger partial charge in [0.1, 0.15) is 0 Å². The number of anilines is 1. The molecule has 2 aliphatic heterocycles. The normalized spacial score (nSPS) is 33.2. The van der Waals surface area contributed by atoms with E-state index < -0.39 is 0 Å². The Bertz CT molecular complexity index is 480. The van der Waals surface area contributed by atoms with Crippen LogP contribution in [0.1, 0.15) is 18.9 Å². The number of fused-ring (bicyclic) bond motifs is 1. The molecule has 0 bridgehead atoms. The smallest absolute Gasteiger partial charge is 0.0642 e. The van der Waals surface area contributed by atoms with E-state index in [-0.39, 0.29) is 0 Å². The Balaban J connectivity index is 1.51. The van der Waals surface area contributed by atoms with Crippen molar-refractivity contribution >= 4 is 5.69 Å². The van der Waals surface area contributed by atoms with Crippen LogP contribution < -0.4 is 4.90 Å². The quantitative estimate of drug-likeness (QED) is 0.838. The molecule has 20 heavy (non-hydrogen) atoms. The Labute approximate surface area is 121 Å². The average Bonchev–Trinajstić information content (AvgIpc) is 3.10. The van der Waals surface area contributed by atoms with Crippen molar-refractivity contribution in [3.63, 3.8) is 0 Å². The van der Waals surface area contributed by atoms with Gasteiger partial charge < -0.3 is 14.5 Å². The van der Waals surface area contributed by atoms with Gasteiger partial charge in [-0.2, -0.15) is 0 Å². The maximum Gasteiger partial charge on any atom is 0.0642 e. The molecule has 0 amide bonds. The van der Waals surface area contributed by atoms with E-state index in [2.05, 4.69) is 41.0 Å². The molecule has 3 heteroatoms. The summed E-state index contributed by atoms with van der Waals surface area (Å²) in [6.07, 6.45) is 1.40. The van der Waals surface area contributed by atoms with Crippen molar-refractivity contribution in [2.75, 3.05) is 50.8 Å². The summed E-state index contributed by atoms with van der Waals surface area (Å²) >= 11 is 0. The van der Waals surface area contributed by atoms with Crippen LogP contribution in [0.15, 0.2) is 24.3 Å². The van der Waals surface area contributed by atoms with Gasteiger partial charge in [0.25, 0.3) is 0 Å². The number of rotatable bonds is 3. The third-order valence-electron chi connectivity index (χ3n) is 5.48. The van der Waals surface area contributed by atoms with Crippen LogP contribution in [0.4, 0.5) is 5.69 Å². The van der Waals surface area contributed by atoms with E-state index in [0.29, 0.717) is 5.41 Å². The SMILES string of the molecule is CCN1C[C@H]2C[C@@]2(c2ccc(N3CCOCC3)cc2)C1. The molecule has 1 aromatic carbocycles. The monoisotopic (exact) mass is 272 g/mol. The highest BCUT2D eigenvalue weighted by molar-refractivity contribution is 5.50. The number of likely N-dealkylation sites (N-methyl/N-ethyl adjacent to an activating group) is 1. The number of hydrogen-bond donors (Lipinski definition) is 0. The van der Waals surface area contributed by atoms with E-state index in [1.54, 1.807) is 5.56 Å². The maximum atomic E-state index is 5.43. The zero-order chi connectivity index (χ0) is 13.6. The predicted molar refractivity (Wildman–Crippen MR) is 81.4 cm³/mol. The number of ether oxygens (including phenoxy) is 1. The van der Waals surface area contributed by atoms with Gasteiger partial charge in [-0.25, -0.2) is 0 Å². The molecule has 3 fully saturated rings. The van der Waals surface area contributed by atoms with Crippen LogP contribution in [-0.4, -0.2) is 50.8 Å². The van der Waals surface area contributed by atoms with E-state index in [9.17, 15) is 0 Å². The lowest BCUT2D eigenvalue weighted by molar-refractivity contribution is 0.122. The highest BCUT2D eigenvalue weighted by Gasteiger charge is 2.60. The molecule has 3 nitrogen and oxygen atoms in total. The van der Waals surface area contributed by atoms with Crippen LogP contribution in [0.5, 0.6) is 0 Å². The largest absolute Gasteiger partial charge is 0.378 e. The van der Waals surface area contributed by atoms with Gasteiger partial charge in [0, 0.05) is 37.3 Å². The molecule has 1 saturated carbocycles. The minimum atomic E-state index is 0.500. The summed E-state index contributed by atoms with van der Waals surface area (Å²) in [6.45, 7) is 9.82. The fourth-order valence-electron chi connectivity index (χ4n) is 4.10. The molecule has 0 spiro atoms. The molecular weight excluding hydrogens is 248 g/mol. The summed E-state index contributed by atoms with van der Waals surface area (Å²) < 4.78 is 5.43. The Kier molecular flexibility index (Phi) is 3.00. The highest BCUT2D eigenvalue weighted by atomic mass is 16.5. The van der Waals surface area contributed by atoms with Crippen molar-refractivity contribution in [1.82, 2.24) is 4.90 Å². The second-order valence-corrected chi connectivity index (χ2v) is 6.53. The molecule has 0 unspecified atom stereocenters. The molecule has 2 atom stereocenters. The predicted octanol–water partition coefficient (Wildman–Crippen LogP) is 2.12. The van der Waals surface area contributed by atoms with Crippen molar-refractivity contribution < 1.29 is 4.74 Å². The number of hydrogen-bond acceptors (Lipinski definition) is 3. The first-order chi connectivity index (χ1) is 9.82. The lowest BCUT2D eigenvalue weighted by atomic mass is 9.94. The van der Waals surface area contributed by atoms with Crippen molar-refractivity contribution in [2.24, 2.45) is 5.92 Å². The van der Waals surface area contributed by atoms with Gasteiger partial charge in [-0.1, -0.05) is 19.1 Å². The van der Waals surface area contributed by atoms with Crippen molar-refractivity contribution in [3.8, 4) is 0 Å². The van der Waals surface area contributed by atoms with Gasteiger partial charge in [-0.15, -0.1) is 0 Å². The van der Waals surface area contributed by atoms with E-state index in [4.69, 9.17) is 4.74 Å².